The number of nitrogens with one attached hydrogen (secondary N) is 1. The van der Waals surface area contributed by atoms with Gasteiger partial charge in [-0.3, -0.25) is 4.68 Å². The van der Waals surface area contributed by atoms with Gasteiger partial charge in [-0.25, -0.2) is 4.39 Å². The first-order valence-electron chi connectivity index (χ1n) is 6.55. The third-order valence-electron chi connectivity index (χ3n) is 2.93. The quantitative estimate of drug-likeness (QED) is 0.919. The molecule has 1 aromatic carbocycles. The molecule has 0 spiro atoms. The van der Waals surface area contributed by atoms with Crippen LogP contribution in [0, 0.1) is 5.82 Å². The Morgan fingerprint density at radius 1 is 1.30 bits per heavy atom. The highest BCUT2D eigenvalue weighted by Gasteiger charge is 2.11. The molecule has 1 heterocycles. The number of hydrogen-bond acceptors (Lipinski definition) is 2. The van der Waals surface area contributed by atoms with E-state index in [-0.39, 0.29) is 11.4 Å². The molecule has 1 N–H and O–H groups in total. The van der Waals surface area contributed by atoms with Gasteiger partial charge in [0, 0.05) is 22.8 Å². The van der Waals surface area contributed by atoms with Gasteiger partial charge in [0.2, 0.25) is 0 Å². The van der Waals surface area contributed by atoms with Gasteiger partial charge in [-0.15, -0.1) is 0 Å². The van der Waals surface area contributed by atoms with Gasteiger partial charge in [0.1, 0.15) is 5.82 Å². The fourth-order valence-electron chi connectivity index (χ4n) is 1.83. The van der Waals surface area contributed by atoms with Crippen molar-refractivity contribution in [3.63, 3.8) is 0 Å². The van der Waals surface area contributed by atoms with Crippen molar-refractivity contribution in [3.05, 3.63) is 52.0 Å². The van der Waals surface area contributed by atoms with Crippen molar-refractivity contribution in [2.75, 3.05) is 0 Å². The fourth-order valence-corrected chi connectivity index (χ4v) is 2.21. The number of hydrogen-bond donors (Lipinski definition) is 1. The van der Waals surface area contributed by atoms with E-state index in [1.807, 2.05) is 10.7 Å². The minimum Gasteiger partial charge on any atom is -0.306 e. The molecular weight excluding hydrogens is 321 g/mol. The van der Waals surface area contributed by atoms with Crippen LogP contribution in [0.5, 0.6) is 0 Å². The van der Waals surface area contributed by atoms with Gasteiger partial charge in [-0.05, 0) is 50.6 Å². The minimum atomic E-state index is -0.232. The van der Waals surface area contributed by atoms with Crippen LogP contribution in [0.15, 0.2) is 34.9 Å². The Balaban J connectivity index is 2.14. The Hall–Kier alpha value is -1.20. The summed E-state index contributed by atoms with van der Waals surface area (Å²) in [6, 6.07) is 6.68. The molecule has 0 aliphatic heterocycles. The Morgan fingerprint density at radius 2 is 2.05 bits per heavy atom. The molecule has 20 heavy (non-hydrogen) atoms. The molecule has 0 aliphatic rings. The third-order valence-corrected chi connectivity index (χ3v) is 3.71. The monoisotopic (exact) mass is 339 g/mol. The lowest BCUT2D eigenvalue weighted by atomic mass is 10.1. The summed E-state index contributed by atoms with van der Waals surface area (Å²) in [6.45, 7) is 7.65. The van der Waals surface area contributed by atoms with Crippen molar-refractivity contribution < 1.29 is 4.39 Å². The second kappa shape index (κ2) is 6.06. The lowest BCUT2D eigenvalue weighted by Crippen LogP contribution is -2.35. The number of halogens is 2. The summed E-state index contributed by atoms with van der Waals surface area (Å²) >= 11 is 3.45. The zero-order valence-electron chi connectivity index (χ0n) is 12.0. The number of benzene rings is 1. The van der Waals surface area contributed by atoms with E-state index in [2.05, 4.69) is 47.1 Å². The predicted molar refractivity (Wildman–Crippen MR) is 82.0 cm³/mol. The molecule has 0 amide bonds. The van der Waals surface area contributed by atoms with Crippen LogP contribution in [0.25, 0.3) is 0 Å². The van der Waals surface area contributed by atoms with E-state index in [9.17, 15) is 4.39 Å². The minimum absolute atomic E-state index is 0.0501. The maximum atomic E-state index is 13.3. The van der Waals surface area contributed by atoms with Gasteiger partial charge >= 0.3 is 0 Å². The first-order chi connectivity index (χ1) is 9.35. The van der Waals surface area contributed by atoms with E-state index in [4.69, 9.17) is 0 Å². The molecule has 0 saturated heterocycles. The second-order valence-electron chi connectivity index (χ2n) is 5.82. The van der Waals surface area contributed by atoms with Crippen molar-refractivity contribution in [2.24, 2.45) is 0 Å². The van der Waals surface area contributed by atoms with Gasteiger partial charge in [-0.2, -0.15) is 5.10 Å². The Kier molecular flexibility index (Phi) is 4.60. The first-order valence-corrected chi connectivity index (χ1v) is 7.34. The van der Waals surface area contributed by atoms with Crippen LogP contribution in [0.3, 0.4) is 0 Å². The second-order valence-corrected chi connectivity index (χ2v) is 6.67. The van der Waals surface area contributed by atoms with E-state index < -0.39 is 0 Å². The molecule has 108 valence electrons. The summed E-state index contributed by atoms with van der Waals surface area (Å²) in [5, 5.41) is 7.75. The lowest BCUT2D eigenvalue weighted by molar-refractivity contribution is 0.414. The highest BCUT2D eigenvalue weighted by molar-refractivity contribution is 9.10. The topological polar surface area (TPSA) is 29.9 Å². The first kappa shape index (κ1) is 15.2. The largest absolute Gasteiger partial charge is 0.306 e. The van der Waals surface area contributed by atoms with Crippen molar-refractivity contribution >= 4 is 15.9 Å². The molecule has 0 saturated carbocycles. The molecule has 2 aromatic rings. The van der Waals surface area contributed by atoms with Crippen LogP contribution >= 0.6 is 15.9 Å². The summed E-state index contributed by atoms with van der Waals surface area (Å²) in [7, 11) is 0. The van der Waals surface area contributed by atoms with Gasteiger partial charge in [-0.1, -0.05) is 15.9 Å². The van der Waals surface area contributed by atoms with Gasteiger partial charge < -0.3 is 5.32 Å². The van der Waals surface area contributed by atoms with Gasteiger partial charge in [0.05, 0.1) is 12.2 Å². The molecule has 0 bridgehead atoms. The highest BCUT2D eigenvalue weighted by atomic mass is 79.9. The zero-order valence-corrected chi connectivity index (χ0v) is 13.5. The highest BCUT2D eigenvalue weighted by Crippen LogP contribution is 2.19. The van der Waals surface area contributed by atoms with Crippen LogP contribution < -0.4 is 5.32 Å². The van der Waals surface area contributed by atoms with E-state index in [0.717, 1.165) is 22.3 Å². The van der Waals surface area contributed by atoms with E-state index >= 15 is 0 Å². The standard InChI is InChI=1S/C15H19BrFN3/c1-15(2,3)18-9-13-6-7-19-20(13)10-11-8-12(17)4-5-14(11)16/h4-8,18H,9-10H2,1-3H3. The maximum absolute atomic E-state index is 13.3. The summed E-state index contributed by atoms with van der Waals surface area (Å²) in [6.07, 6.45) is 1.77. The molecule has 2 rings (SSSR count). The molecule has 0 fully saturated rings. The van der Waals surface area contributed by atoms with Crippen LogP contribution in [0.1, 0.15) is 32.0 Å². The average molecular weight is 340 g/mol. The van der Waals surface area contributed by atoms with Crippen molar-refractivity contribution in [3.8, 4) is 0 Å². The molecule has 0 radical (unpaired) electrons. The van der Waals surface area contributed by atoms with Crippen LogP contribution in [0.4, 0.5) is 4.39 Å². The zero-order chi connectivity index (χ0) is 14.8. The van der Waals surface area contributed by atoms with Crippen LogP contribution in [-0.4, -0.2) is 15.3 Å². The normalized spacial score (nSPS) is 11.8. The van der Waals surface area contributed by atoms with Crippen molar-refractivity contribution in [2.45, 2.75) is 39.4 Å². The third kappa shape index (κ3) is 4.15. The van der Waals surface area contributed by atoms with Crippen LogP contribution in [0.2, 0.25) is 0 Å². The van der Waals surface area contributed by atoms with Crippen molar-refractivity contribution in [1.82, 2.24) is 15.1 Å². The maximum Gasteiger partial charge on any atom is 0.123 e. The fraction of sp³-hybridized carbons (Fsp3) is 0.400. The summed E-state index contributed by atoms with van der Waals surface area (Å²) in [5.41, 5.74) is 2.01. The van der Waals surface area contributed by atoms with Crippen LogP contribution in [-0.2, 0) is 13.1 Å². The SMILES string of the molecule is CC(C)(C)NCc1ccnn1Cc1cc(F)ccc1Br. The van der Waals surface area contributed by atoms with E-state index in [1.54, 1.807) is 12.3 Å². The average Bonchev–Trinajstić information content (AvgIpc) is 2.78. The predicted octanol–water partition coefficient (Wildman–Crippen LogP) is 3.72. The summed E-state index contributed by atoms with van der Waals surface area (Å²) in [5.74, 6) is -0.232. The van der Waals surface area contributed by atoms with Crippen molar-refractivity contribution in [1.29, 1.82) is 0 Å². The van der Waals surface area contributed by atoms with E-state index in [0.29, 0.717) is 6.54 Å². The summed E-state index contributed by atoms with van der Waals surface area (Å²) in [4.78, 5) is 0. The molecule has 3 nitrogen and oxygen atoms in total. The Bertz CT molecular complexity index is 587. The summed E-state index contributed by atoms with van der Waals surface area (Å²) < 4.78 is 16.1. The number of rotatable bonds is 4. The smallest absolute Gasteiger partial charge is 0.123 e. The number of aromatic nitrogens is 2. The molecule has 0 aliphatic carbocycles. The molecule has 0 atom stereocenters. The Morgan fingerprint density at radius 3 is 2.75 bits per heavy atom. The molecule has 0 unspecified atom stereocenters. The molecule has 5 heteroatoms. The lowest BCUT2D eigenvalue weighted by Gasteiger charge is -2.21. The molecular formula is C15H19BrFN3. The Labute approximate surface area is 127 Å². The number of nitrogens with zero attached hydrogens (tertiary/aromatic N) is 2. The van der Waals surface area contributed by atoms with Gasteiger partial charge in [0.25, 0.3) is 0 Å². The van der Waals surface area contributed by atoms with E-state index in [1.165, 1.54) is 12.1 Å². The van der Waals surface area contributed by atoms with Gasteiger partial charge in [0.15, 0.2) is 0 Å². The molecule has 1 aromatic heterocycles.